The highest BCUT2D eigenvalue weighted by atomic mass is 16.6. The Labute approximate surface area is 105 Å². The standard InChI is InChI=1S/C11H21NO3.C2H6/c1-8-5-6-9(7-13)12(8)10(14)15-11(2,3)4;1-2/h8-9,13H,5-7H2,1-4H3;1-2H3. The molecule has 0 aromatic heterocycles. The maximum atomic E-state index is 11.8. The van der Waals surface area contributed by atoms with E-state index >= 15 is 0 Å². The molecule has 4 nitrogen and oxygen atoms in total. The van der Waals surface area contributed by atoms with Crippen LogP contribution in [0, 0.1) is 0 Å². The van der Waals surface area contributed by atoms with Gasteiger partial charge in [-0.3, -0.25) is 0 Å². The minimum Gasteiger partial charge on any atom is -0.444 e. The number of rotatable bonds is 1. The zero-order valence-corrected chi connectivity index (χ0v) is 12.0. The zero-order valence-electron chi connectivity index (χ0n) is 12.0. The van der Waals surface area contributed by atoms with Crippen molar-refractivity contribution in [1.29, 1.82) is 0 Å². The minimum atomic E-state index is -0.473. The second-order valence-corrected chi connectivity index (χ2v) is 5.15. The van der Waals surface area contributed by atoms with Crippen molar-refractivity contribution >= 4 is 6.09 Å². The van der Waals surface area contributed by atoms with Gasteiger partial charge in [-0.1, -0.05) is 13.8 Å². The number of carbonyl (C=O) groups is 1. The molecular formula is C13H27NO3. The van der Waals surface area contributed by atoms with Gasteiger partial charge in [0.1, 0.15) is 5.60 Å². The molecule has 17 heavy (non-hydrogen) atoms. The Morgan fingerprint density at radius 1 is 1.35 bits per heavy atom. The third kappa shape index (κ3) is 4.94. The molecule has 1 aliphatic heterocycles. The molecule has 1 amide bonds. The Balaban J connectivity index is 0.00000121. The van der Waals surface area contributed by atoms with E-state index in [-0.39, 0.29) is 24.8 Å². The van der Waals surface area contributed by atoms with Gasteiger partial charge in [-0.2, -0.15) is 0 Å². The lowest BCUT2D eigenvalue weighted by atomic mass is 10.2. The second-order valence-electron chi connectivity index (χ2n) is 5.15. The first kappa shape index (κ1) is 16.2. The molecule has 102 valence electrons. The number of hydrogen-bond acceptors (Lipinski definition) is 3. The summed E-state index contributed by atoms with van der Waals surface area (Å²) in [6.45, 7) is 11.5. The van der Waals surface area contributed by atoms with Gasteiger partial charge in [0.05, 0.1) is 12.6 Å². The van der Waals surface area contributed by atoms with Crippen LogP contribution in [0.15, 0.2) is 0 Å². The highest BCUT2D eigenvalue weighted by Crippen LogP contribution is 2.25. The lowest BCUT2D eigenvalue weighted by Gasteiger charge is -2.30. The zero-order chi connectivity index (χ0) is 13.6. The maximum absolute atomic E-state index is 11.8. The van der Waals surface area contributed by atoms with Gasteiger partial charge in [-0.25, -0.2) is 4.79 Å². The molecular weight excluding hydrogens is 218 g/mol. The van der Waals surface area contributed by atoms with Crippen molar-refractivity contribution in [2.24, 2.45) is 0 Å². The third-order valence-electron chi connectivity index (χ3n) is 2.60. The molecule has 0 radical (unpaired) electrons. The van der Waals surface area contributed by atoms with Gasteiger partial charge in [-0.15, -0.1) is 0 Å². The fraction of sp³-hybridized carbons (Fsp3) is 0.923. The Morgan fingerprint density at radius 3 is 2.29 bits per heavy atom. The van der Waals surface area contributed by atoms with Crippen LogP contribution < -0.4 is 0 Å². The van der Waals surface area contributed by atoms with E-state index < -0.39 is 5.60 Å². The summed E-state index contributed by atoms with van der Waals surface area (Å²) in [5, 5.41) is 9.15. The van der Waals surface area contributed by atoms with Crippen molar-refractivity contribution in [3.63, 3.8) is 0 Å². The number of ether oxygens (including phenoxy) is 1. The number of hydrogen-bond donors (Lipinski definition) is 1. The van der Waals surface area contributed by atoms with Crippen LogP contribution in [0.2, 0.25) is 0 Å². The summed E-state index contributed by atoms with van der Waals surface area (Å²) in [4.78, 5) is 13.5. The van der Waals surface area contributed by atoms with Crippen molar-refractivity contribution in [2.75, 3.05) is 6.61 Å². The quantitative estimate of drug-likeness (QED) is 0.773. The molecule has 1 N–H and O–H groups in total. The molecule has 1 heterocycles. The number of amides is 1. The van der Waals surface area contributed by atoms with Crippen molar-refractivity contribution in [1.82, 2.24) is 4.90 Å². The molecule has 1 fully saturated rings. The van der Waals surface area contributed by atoms with Crippen molar-refractivity contribution in [2.45, 2.75) is 72.1 Å². The van der Waals surface area contributed by atoms with E-state index in [0.29, 0.717) is 0 Å². The number of aliphatic hydroxyl groups excluding tert-OH is 1. The molecule has 0 aliphatic carbocycles. The van der Waals surface area contributed by atoms with E-state index in [0.717, 1.165) is 12.8 Å². The predicted octanol–water partition coefficient (Wildman–Crippen LogP) is 2.79. The summed E-state index contributed by atoms with van der Waals surface area (Å²) in [7, 11) is 0. The van der Waals surface area contributed by atoms with Gasteiger partial charge in [-0.05, 0) is 40.5 Å². The summed E-state index contributed by atoms with van der Waals surface area (Å²) in [5.41, 5.74) is -0.473. The molecule has 1 saturated heterocycles. The fourth-order valence-corrected chi connectivity index (χ4v) is 1.89. The molecule has 0 saturated carbocycles. The summed E-state index contributed by atoms with van der Waals surface area (Å²) in [6.07, 6.45) is 1.48. The predicted molar refractivity (Wildman–Crippen MR) is 69.0 cm³/mol. The summed E-state index contributed by atoms with van der Waals surface area (Å²) < 4.78 is 5.30. The van der Waals surface area contributed by atoms with Gasteiger partial charge in [0.25, 0.3) is 0 Å². The largest absolute Gasteiger partial charge is 0.444 e. The smallest absolute Gasteiger partial charge is 0.410 e. The van der Waals surface area contributed by atoms with E-state index in [1.807, 2.05) is 41.5 Å². The minimum absolute atomic E-state index is 0.0174. The van der Waals surface area contributed by atoms with Crippen LogP contribution in [0.1, 0.15) is 54.4 Å². The number of aliphatic hydroxyl groups is 1. The molecule has 1 aliphatic rings. The lowest BCUT2D eigenvalue weighted by Crippen LogP contribution is -2.44. The molecule has 2 atom stereocenters. The number of likely N-dealkylation sites (tertiary alicyclic amines) is 1. The van der Waals surface area contributed by atoms with E-state index in [2.05, 4.69) is 0 Å². The van der Waals surface area contributed by atoms with E-state index in [4.69, 9.17) is 9.84 Å². The third-order valence-corrected chi connectivity index (χ3v) is 2.60. The molecule has 1 rings (SSSR count). The van der Waals surface area contributed by atoms with Crippen LogP contribution in [-0.2, 0) is 4.74 Å². The Morgan fingerprint density at radius 2 is 1.88 bits per heavy atom. The van der Waals surface area contributed by atoms with Crippen molar-refractivity contribution in [3.8, 4) is 0 Å². The average molecular weight is 245 g/mol. The van der Waals surface area contributed by atoms with E-state index in [9.17, 15) is 4.79 Å². The Hall–Kier alpha value is -0.770. The Kier molecular flexibility index (Phi) is 6.53. The highest BCUT2D eigenvalue weighted by molar-refractivity contribution is 5.69. The molecule has 4 heteroatoms. The summed E-state index contributed by atoms with van der Waals surface area (Å²) >= 11 is 0. The molecule has 0 bridgehead atoms. The van der Waals surface area contributed by atoms with Gasteiger partial charge in [0.15, 0.2) is 0 Å². The molecule has 0 spiro atoms. The van der Waals surface area contributed by atoms with Gasteiger partial charge in [0, 0.05) is 6.04 Å². The highest BCUT2D eigenvalue weighted by Gasteiger charge is 2.36. The average Bonchev–Trinajstić information content (AvgIpc) is 2.60. The Bertz CT molecular complexity index is 235. The lowest BCUT2D eigenvalue weighted by molar-refractivity contribution is 0.0105. The van der Waals surface area contributed by atoms with Gasteiger partial charge < -0.3 is 14.7 Å². The SMILES string of the molecule is CC.CC1CCC(CO)N1C(=O)OC(C)(C)C. The van der Waals surface area contributed by atoms with E-state index in [1.165, 1.54) is 0 Å². The number of carbonyl (C=O) groups excluding carboxylic acids is 1. The van der Waals surface area contributed by atoms with Gasteiger partial charge in [0.2, 0.25) is 0 Å². The maximum Gasteiger partial charge on any atom is 0.410 e. The van der Waals surface area contributed by atoms with Crippen LogP contribution in [0.4, 0.5) is 4.79 Å². The van der Waals surface area contributed by atoms with Crippen LogP contribution in [0.3, 0.4) is 0 Å². The van der Waals surface area contributed by atoms with Crippen LogP contribution in [0.25, 0.3) is 0 Å². The summed E-state index contributed by atoms with van der Waals surface area (Å²) in [5.74, 6) is 0. The van der Waals surface area contributed by atoms with Crippen LogP contribution >= 0.6 is 0 Å². The molecule has 0 aromatic rings. The van der Waals surface area contributed by atoms with Crippen LogP contribution in [-0.4, -0.2) is 40.4 Å². The topological polar surface area (TPSA) is 49.8 Å². The molecule has 0 aromatic carbocycles. The first-order valence-corrected chi connectivity index (χ1v) is 6.47. The summed E-state index contributed by atoms with van der Waals surface area (Å²) in [6, 6.07) is 0.0897. The molecule has 2 unspecified atom stereocenters. The fourth-order valence-electron chi connectivity index (χ4n) is 1.89. The van der Waals surface area contributed by atoms with Crippen molar-refractivity contribution in [3.05, 3.63) is 0 Å². The van der Waals surface area contributed by atoms with Gasteiger partial charge >= 0.3 is 6.09 Å². The first-order valence-electron chi connectivity index (χ1n) is 6.47. The van der Waals surface area contributed by atoms with Crippen molar-refractivity contribution < 1.29 is 14.6 Å². The first-order chi connectivity index (χ1) is 7.85. The monoisotopic (exact) mass is 245 g/mol. The van der Waals surface area contributed by atoms with E-state index in [1.54, 1.807) is 4.90 Å². The normalized spacial score (nSPS) is 24.1. The number of nitrogens with zero attached hydrogens (tertiary/aromatic N) is 1. The second kappa shape index (κ2) is 6.84. The van der Waals surface area contributed by atoms with Crippen LogP contribution in [0.5, 0.6) is 0 Å².